The van der Waals surface area contributed by atoms with Crippen molar-refractivity contribution in [3.8, 4) is 0 Å². The lowest BCUT2D eigenvalue weighted by atomic mass is 9.92. The van der Waals surface area contributed by atoms with E-state index < -0.39 is 0 Å². The van der Waals surface area contributed by atoms with E-state index in [2.05, 4.69) is 25.6 Å². The Hall–Kier alpha value is -1.66. The summed E-state index contributed by atoms with van der Waals surface area (Å²) < 4.78 is 0. The van der Waals surface area contributed by atoms with Crippen LogP contribution in [0.1, 0.15) is 19.3 Å². The zero-order valence-corrected chi connectivity index (χ0v) is 11.8. The normalized spacial score (nSPS) is 28.0. The van der Waals surface area contributed by atoms with Gasteiger partial charge in [0.25, 0.3) is 0 Å². The van der Waals surface area contributed by atoms with Crippen molar-refractivity contribution < 1.29 is 0 Å². The Morgan fingerprint density at radius 3 is 3.15 bits per heavy atom. The van der Waals surface area contributed by atoms with Crippen molar-refractivity contribution in [2.45, 2.75) is 24.8 Å². The molecule has 4 rings (SSSR count). The average molecular weight is 274 g/mol. The van der Waals surface area contributed by atoms with Gasteiger partial charge in [-0.2, -0.15) is 0 Å². The van der Waals surface area contributed by atoms with Crippen LogP contribution in [0.3, 0.4) is 0 Å². The highest BCUT2D eigenvalue weighted by atomic mass is 15.0. The smallest absolute Gasteiger partial charge is 0.142 e. The van der Waals surface area contributed by atoms with Crippen LogP contribution in [0.15, 0.2) is 18.6 Å². The van der Waals surface area contributed by atoms with Gasteiger partial charge in [-0.15, -0.1) is 0 Å². The number of nitrogens with one attached hydrogen (secondary N) is 3. The van der Waals surface area contributed by atoms with Crippen LogP contribution in [0.5, 0.6) is 0 Å². The number of H-pyrrole nitrogens is 1. The van der Waals surface area contributed by atoms with Crippen molar-refractivity contribution in [1.29, 1.82) is 0 Å². The van der Waals surface area contributed by atoms with Crippen LogP contribution in [0.25, 0.3) is 11.0 Å². The number of hydrogen-bond acceptors (Lipinski definition) is 5. The second-order valence-electron chi connectivity index (χ2n) is 5.67. The van der Waals surface area contributed by atoms with E-state index in [9.17, 15) is 0 Å². The lowest BCUT2D eigenvalue weighted by Gasteiger charge is -2.21. The van der Waals surface area contributed by atoms with Crippen molar-refractivity contribution in [2.24, 2.45) is 11.7 Å². The standard InChI is InChI=1S/C7H8N4.C7H14N2/c1-8-6-5-2-3-9-7(5)11-4-10-6;8-7-3-1-2-6(7)4-9-5-7/h2-4H,1H3,(H2,8,9,10,11);6,9H,1-5,8H2/t;6-,7-/m.1/s1. The average Bonchev–Trinajstić information content (AvgIpc) is 3.12. The summed E-state index contributed by atoms with van der Waals surface area (Å²) >= 11 is 0. The summed E-state index contributed by atoms with van der Waals surface area (Å²) in [6, 6.07) is 1.95. The van der Waals surface area contributed by atoms with Gasteiger partial charge in [0.2, 0.25) is 0 Å². The molecule has 0 bridgehead atoms. The molecular formula is C14H22N6. The summed E-state index contributed by atoms with van der Waals surface area (Å²) in [4.78, 5) is 11.1. The van der Waals surface area contributed by atoms with Gasteiger partial charge in [0.1, 0.15) is 17.8 Å². The molecule has 1 aliphatic heterocycles. The molecule has 0 spiro atoms. The Bertz CT molecular complexity index is 568. The molecule has 0 unspecified atom stereocenters. The fourth-order valence-corrected chi connectivity index (χ4v) is 3.26. The largest absolute Gasteiger partial charge is 0.372 e. The maximum Gasteiger partial charge on any atom is 0.142 e. The number of fused-ring (bicyclic) bond motifs is 2. The Morgan fingerprint density at radius 1 is 1.45 bits per heavy atom. The van der Waals surface area contributed by atoms with E-state index >= 15 is 0 Å². The van der Waals surface area contributed by atoms with E-state index in [1.165, 1.54) is 25.6 Å². The predicted octanol–water partition coefficient (Wildman–Crippen LogP) is 1.09. The third-order valence-electron chi connectivity index (χ3n) is 4.44. The molecule has 6 nitrogen and oxygen atoms in total. The molecule has 1 saturated heterocycles. The lowest BCUT2D eigenvalue weighted by Crippen LogP contribution is -2.43. The zero-order chi connectivity index (χ0) is 14.0. The number of aromatic nitrogens is 3. The highest BCUT2D eigenvalue weighted by molar-refractivity contribution is 5.86. The number of nitrogens with zero attached hydrogens (tertiary/aromatic N) is 2. The predicted molar refractivity (Wildman–Crippen MR) is 80.6 cm³/mol. The molecule has 2 atom stereocenters. The van der Waals surface area contributed by atoms with Crippen molar-refractivity contribution >= 4 is 16.9 Å². The fraction of sp³-hybridized carbons (Fsp3) is 0.571. The first kappa shape index (κ1) is 13.3. The first-order valence-corrected chi connectivity index (χ1v) is 7.18. The minimum atomic E-state index is 0.194. The molecule has 2 aliphatic rings. The molecular weight excluding hydrogens is 252 g/mol. The molecule has 2 aromatic heterocycles. The highest BCUT2D eigenvalue weighted by Gasteiger charge is 2.42. The molecule has 0 aromatic carbocycles. The Labute approximate surface area is 118 Å². The van der Waals surface area contributed by atoms with Gasteiger partial charge in [0.15, 0.2) is 0 Å². The monoisotopic (exact) mass is 274 g/mol. The maximum absolute atomic E-state index is 6.10. The SMILES string of the molecule is CNc1ncnc2[nH]ccc12.N[C@@]12CCC[C@@H]1CNC2. The molecule has 1 aliphatic carbocycles. The minimum Gasteiger partial charge on any atom is -0.372 e. The lowest BCUT2D eigenvalue weighted by molar-refractivity contribution is 0.402. The van der Waals surface area contributed by atoms with Crippen molar-refractivity contribution in [3.05, 3.63) is 18.6 Å². The first-order valence-electron chi connectivity index (χ1n) is 7.18. The summed E-state index contributed by atoms with van der Waals surface area (Å²) in [6.45, 7) is 2.22. The number of aromatic amines is 1. The van der Waals surface area contributed by atoms with Gasteiger partial charge in [-0.05, 0) is 31.4 Å². The summed E-state index contributed by atoms with van der Waals surface area (Å²) in [6.07, 6.45) is 7.32. The Morgan fingerprint density at radius 2 is 2.35 bits per heavy atom. The van der Waals surface area contributed by atoms with Crippen LogP contribution < -0.4 is 16.4 Å². The van der Waals surface area contributed by atoms with E-state index in [-0.39, 0.29) is 5.54 Å². The van der Waals surface area contributed by atoms with Crippen molar-refractivity contribution in [3.63, 3.8) is 0 Å². The molecule has 6 heteroatoms. The highest BCUT2D eigenvalue weighted by Crippen LogP contribution is 2.35. The summed E-state index contributed by atoms with van der Waals surface area (Å²) in [5, 5.41) is 7.35. The molecule has 20 heavy (non-hydrogen) atoms. The second kappa shape index (κ2) is 5.38. The Kier molecular flexibility index (Phi) is 3.58. The van der Waals surface area contributed by atoms with Gasteiger partial charge in [0, 0.05) is 25.3 Å². The van der Waals surface area contributed by atoms with Gasteiger partial charge in [-0.1, -0.05) is 6.42 Å². The van der Waals surface area contributed by atoms with Gasteiger partial charge in [0.05, 0.1) is 5.39 Å². The van der Waals surface area contributed by atoms with Crippen LogP contribution in [-0.2, 0) is 0 Å². The van der Waals surface area contributed by atoms with Crippen LogP contribution in [-0.4, -0.2) is 40.6 Å². The molecule has 0 amide bonds. The van der Waals surface area contributed by atoms with Crippen LogP contribution in [0, 0.1) is 5.92 Å². The zero-order valence-electron chi connectivity index (χ0n) is 11.8. The van der Waals surface area contributed by atoms with Gasteiger partial charge in [-0.25, -0.2) is 9.97 Å². The van der Waals surface area contributed by atoms with Crippen LogP contribution in [0.2, 0.25) is 0 Å². The van der Waals surface area contributed by atoms with Gasteiger partial charge >= 0.3 is 0 Å². The van der Waals surface area contributed by atoms with Gasteiger partial charge < -0.3 is 21.4 Å². The van der Waals surface area contributed by atoms with Gasteiger partial charge in [-0.3, -0.25) is 0 Å². The van der Waals surface area contributed by atoms with E-state index in [4.69, 9.17) is 5.73 Å². The maximum atomic E-state index is 6.10. The topological polar surface area (TPSA) is 91.7 Å². The summed E-state index contributed by atoms with van der Waals surface area (Å²) in [5.74, 6) is 1.65. The summed E-state index contributed by atoms with van der Waals surface area (Å²) in [5.41, 5.74) is 7.16. The Balaban J connectivity index is 0.000000123. The minimum absolute atomic E-state index is 0.194. The molecule has 5 N–H and O–H groups in total. The van der Waals surface area contributed by atoms with Crippen LogP contribution in [0.4, 0.5) is 5.82 Å². The molecule has 1 saturated carbocycles. The summed E-state index contributed by atoms with van der Waals surface area (Å²) in [7, 11) is 1.84. The first-order chi connectivity index (χ1) is 9.73. The number of nitrogens with two attached hydrogens (primary N) is 1. The number of hydrogen-bond donors (Lipinski definition) is 4. The number of anilines is 1. The van der Waals surface area contributed by atoms with Crippen molar-refractivity contribution in [2.75, 3.05) is 25.5 Å². The molecule has 3 heterocycles. The molecule has 2 fully saturated rings. The van der Waals surface area contributed by atoms with Crippen molar-refractivity contribution in [1.82, 2.24) is 20.3 Å². The quantitative estimate of drug-likeness (QED) is 0.625. The van der Waals surface area contributed by atoms with E-state index in [1.807, 2.05) is 19.3 Å². The third kappa shape index (κ3) is 2.36. The second-order valence-corrected chi connectivity index (χ2v) is 5.67. The fourth-order valence-electron chi connectivity index (χ4n) is 3.26. The van der Waals surface area contributed by atoms with Crippen LogP contribution >= 0.6 is 0 Å². The third-order valence-corrected chi connectivity index (χ3v) is 4.44. The molecule has 0 radical (unpaired) electrons. The molecule has 108 valence electrons. The van der Waals surface area contributed by atoms with E-state index in [0.29, 0.717) is 0 Å². The number of rotatable bonds is 1. The van der Waals surface area contributed by atoms with E-state index in [0.717, 1.165) is 35.9 Å². The molecule has 2 aromatic rings. The van der Waals surface area contributed by atoms with E-state index in [1.54, 1.807) is 0 Å².